The summed E-state index contributed by atoms with van der Waals surface area (Å²) in [7, 11) is 0. The van der Waals surface area contributed by atoms with E-state index in [0.29, 0.717) is 5.15 Å². The lowest BCUT2D eigenvalue weighted by Gasteiger charge is -2.09. The van der Waals surface area contributed by atoms with E-state index in [1.54, 1.807) is 17.8 Å². The summed E-state index contributed by atoms with van der Waals surface area (Å²) >= 11 is 7.53. The highest BCUT2D eigenvalue weighted by molar-refractivity contribution is 7.99. The second-order valence-corrected chi connectivity index (χ2v) is 5.57. The van der Waals surface area contributed by atoms with E-state index in [4.69, 9.17) is 16.7 Å². The molecule has 1 aromatic heterocycles. The van der Waals surface area contributed by atoms with Crippen LogP contribution in [0.15, 0.2) is 11.1 Å². The highest BCUT2D eigenvalue weighted by atomic mass is 35.5. The molecule has 1 aromatic rings. The van der Waals surface area contributed by atoms with Crippen LogP contribution in [0.25, 0.3) is 0 Å². The van der Waals surface area contributed by atoms with Gasteiger partial charge in [0.15, 0.2) is 0 Å². The Morgan fingerprint density at radius 1 is 1.38 bits per heavy atom. The van der Waals surface area contributed by atoms with E-state index < -0.39 is 0 Å². The molecule has 1 atom stereocenters. The number of hydrogen-bond acceptors (Lipinski definition) is 4. The van der Waals surface area contributed by atoms with Crippen LogP contribution in [0.5, 0.6) is 0 Å². The highest BCUT2D eigenvalue weighted by Gasteiger charge is 2.08. The molecule has 0 saturated heterocycles. The SMILES string of the molecule is CC(CO)CSc1cc(Cl)nc(C(C)C)n1. The van der Waals surface area contributed by atoms with Crippen LogP contribution in [0.3, 0.4) is 0 Å². The van der Waals surface area contributed by atoms with Gasteiger partial charge >= 0.3 is 0 Å². The van der Waals surface area contributed by atoms with Gasteiger partial charge in [-0.3, -0.25) is 0 Å². The molecule has 90 valence electrons. The molecular weight excluding hydrogens is 244 g/mol. The zero-order valence-electron chi connectivity index (χ0n) is 9.77. The molecule has 0 spiro atoms. The molecule has 0 aliphatic heterocycles. The molecule has 0 aromatic carbocycles. The van der Waals surface area contributed by atoms with Crippen LogP contribution < -0.4 is 0 Å². The van der Waals surface area contributed by atoms with Crippen molar-refractivity contribution in [3.8, 4) is 0 Å². The average molecular weight is 261 g/mol. The third-order valence-electron chi connectivity index (χ3n) is 2.03. The van der Waals surface area contributed by atoms with Gasteiger partial charge in [0.05, 0.1) is 0 Å². The van der Waals surface area contributed by atoms with Crippen LogP contribution in [-0.2, 0) is 0 Å². The van der Waals surface area contributed by atoms with Crippen molar-refractivity contribution in [3.63, 3.8) is 0 Å². The Morgan fingerprint density at radius 2 is 2.06 bits per heavy atom. The van der Waals surface area contributed by atoms with Gasteiger partial charge in [-0.15, -0.1) is 11.8 Å². The van der Waals surface area contributed by atoms with Crippen LogP contribution in [0.4, 0.5) is 0 Å². The Kier molecular flexibility index (Phi) is 5.52. The van der Waals surface area contributed by atoms with Gasteiger partial charge in [0.2, 0.25) is 0 Å². The molecule has 0 radical (unpaired) electrons. The smallest absolute Gasteiger partial charge is 0.133 e. The maximum absolute atomic E-state index is 8.94. The van der Waals surface area contributed by atoms with E-state index in [1.165, 1.54) is 0 Å². The Bertz CT molecular complexity index is 347. The Balaban J connectivity index is 2.72. The number of aliphatic hydroxyl groups excluding tert-OH is 1. The van der Waals surface area contributed by atoms with E-state index in [-0.39, 0.29) is 18.4 Å². The largest absolute Gasteiger partial charge is 0.396 e. The lowest BCUT2D eigenvalue weighted by atomic mass is 10.2. The minimum Gasteiger partial charge on any atom is -0.396 e. The summed E-state index contributed by atoms with van der Waals surface area (Å²) in [6.07, 6.45) is 0. The fourth-order valence-corrected chi connectivity index (χ4v) is 2.19. The molecule has 0 amide bonds. The van der Waals surface area contributed by atoms with Crippen LogP contribution in [0.2, 0.25) is 5.15 Å². The van der Waals surface area contributed by atoms with Crippen molar-refractivity contribution in [1.82, 2.24) is 9.97 Å². The molecule has 0 aliphatic rings. The summed E-state index contributed by atoms with van der Waals surface area (Å²) in [4.78, 5) is 8.60. The minimum absolute atomic E-state index is 0.197. The van der Waals surface area contributed by atoms with Crippen molar-refractivity contribution < 1.29 is 5.11 Å². The fourth-order valence-electron chi connectivity index (χ4n) is 1.03. The number of nitrogens with zero attached hydrogens (tertiary/aromatic N) is 2. The predicted octanol–water partition coefficient (Wildman–Crippen LogP) is 2.97. The number of rotatable bonds is 5. The van der Waals surface area contributed by atoms with Gasteiger partial charge in [-0.2, -0.15) is 0 Å². The monoisotopic (exact) mass is 260 g/mol. The van der Waals surface area contributed by atoms with Gasteiger partial charge in [0.1, 0.15) is 16.0 Å². The average Bonchev–Trinajstić information content (AvgIpc) is 2.25. The third kappa shape index (κ3) is 4.28. The maximum atomic E-state index is 8.94. The molecule has 1 unspecified atom stereocenters. The number of aromatic nitrogens is 2. The molecule has 0 bridgehead atoms. The minimum atomic E-state index is 0.197. The number of aliphatic hydroxyl groups is 1. The Hall–Kier alpha value is -0.320. The second kappa shape index (κ2) is 6.42. The molecule has 16 heavy (non-hydrogen) atoms. The van der Waals surface area contributed by atoms with Crippen molar-refractivity contribution in [2.45, 2.75) is 31.7 Å². The first-order valence-corrected chi connectivity index (χ1v) is 6.67. The maximum Gasteiger partial charge on any atom is 0.133 e. The highest BCUT2D eigenvalue weighted by Crippen LogP contribution is 2.23. The van der Waals surface area contributed by atoms with Gasteiger partial charge in [-0.05, 0) is 5.92 Å². The summed E-state index contributed by atoms with van der Waals surface area (Å²) < 4.78 is 0. The number of thioether (sulfide) groups is 1. The van der Waals surface area contributed by atoms with E-state index in [9.17, 15) is 0 Å². The van der Waals surface area contributed by atoms with Crippen molar-refractivity contribution in [1.29, 1.82) is 0 Å². The summed E-state index contributed by atoms with van der Waals surface area (Å²) in [5.74, 6) is 2.14. The molecule has 3 nitrogen and oxygen atoms in total. The van der Waals surface area contributed by atoms with Gasteiger partial charge in [0.25, 0.3) is 0 Å². The van der Waals surface area contributed by atoms with E-state index >= 15 is 0 Å². The summed E-state index contributed by atoms with van der Waals surface area (Å²) in [6.45, 7) is 6.27. The molecule has 0 fully saturated rings. The summed E-state index contributed by atoms with van der Waals surface area (Å²) in [5, 5.41) is 10.3. The Morgan fingerprint density at radius 3 is 2.62 bits per heavy atom. The van der Waals surface area contributed by atoms with E-state index in [2.05, 4.69) is 9.97 Å². The first kappa shape index (κ1) is 13.7. The lowest BCUT2D eigenvalue weighted by Crippen LogP contribution is -2.04. The molecule has 1 heterocycles. The number of halogens is 1. The molecule has 1 N–H and O–H groups in total. The zero-order valence-corrected chi connectivity index (χ0v) is 11.3. The molecule has 0 saturated carbocycles. The van der Waals surface area contributed by atoms with Gasteiger partial charge in [-0.25, -0.2) is 9.97 Å². The number of hydrogen-bond donors (Lipinski definition) is 1. The van der Waals surface area contributed by atoms with E-state index in [0.717, 1.165) is 16.6 Å². The molecule has 5 heteroatoms. The molecular formula is C11H17ClN2OS. The van der Waals surface area contributed by atoms with Crippen molar-refractivity contribution in [2.24, 2.45) is 5.92 Å². The van der Waals surface area contributed by atoms with Gasteiger partial charge in [0, 0.05) is 24.3 Å². The first-order valence-electron chi connectivity index (χ1n) is 5.31. The second-order valence-electron chi connectivity index (χ2n) is 4.14. The Labute approximate surface area is 106 Å². The normalized spacial score (nSPS) is 13.1. The van der Waals surface area contributed by atoms with Gasteiger partial charge < -0.3 is 5.11 Å². The van der Waals surface area contributed by atoms with Crippen LogP contribution in [0, 0.1) is 5.92 Å². The topological polar surface area (TPSA) is 46.0 Å². The zero-order chi connectivity index (χ0) is 12.1. The van der Waals surface area contributed by atoms with Crippen LogP contribution >= 0.6 is 23.4 Å². The fraction of sp³-hybridized carbons (Fsp3) is 0.636. The quantitative estimate of drug-likeness (QED) is 0.653. The van der Waals surface area contributed by atoms with Crippen LogP contribution in [-0.4, -0.2) is 27.4 Å². The van der Waals surface area contributed by atoms with Gasteiger partial charge in [-0.1, -0.05) is 32.4 Å². The van der Waals surface area contributed by atoms with Crippen molar-refractivity contribution in [2.75, 3.05) is 12.4 Å². The molecule has 1 rings (SSSR count). The van der Waals surface area contributed by atoms with E-state index in [1.807, 2.05) is 20.8 Å². The van der Waals surface area contributed by atoms with Crippen LogP contribution in [0.1, 0.15) is 32.5 Å². The predicted molar refractivity (Wildman–Crippen MR) is 68.1 cm³/mol. The van der Waals surface area contributed by atoms with Crippen molar-refractivity contribution >= 4 is 23.4 Å². The molecule has 0 aliphatic carbocycles. The summed E-state index contributed by atoms with van der Waals surface area (Å²) in [6, 6.07) is 1.77. The standard InChI is InChI=1S/C11H17ClN2OS/c1-7(2)11-13-9(12)4-10(14-11)16-6-8(3)5-15/h4,7-8,15H,5-6H2,1-3H3. The van der Waals surface area contributed by atoms with Crippen molar-refractivity contribution in [3.05, 3.63) is 17.0 Å². The lowest BCUT2D eigenvalue weighted by molar-refractivity contribution is 0.250. The summed E-state index contributed by atoms with van der Waals surface area (Å²) in [5.41, 5.74) is 0. The first-order chi connectivity index (χ1) is 7.52. The third-order valence-corrected chi connectivity index (χ3v) is 3.47.